The van der Waals surface area contributed by atoms with Gasteiger partial charge in [-0.25, -0.2) is 0 Å². The van der Waals surface area contributed by atoms with Crippen molar-refractivity contribution in [3.63, 3.8) is 0 Å². The van der Waals surface area contributed by atoms with E-state index in [1.807, 2.05) is 30.3 Å². The molecule has 1 unspecified atom stereocenters. The molecule has 1 aromatic heterocycles. The lowest BCUT2D eigenvalue weighted by atomic mass is 9.87. The summed E-state index contributed by atoms with van der Waals surface area (Å²) in [6, 6.07) is 9.97. The number of nitrogens with one attached hydrogen (secondary N) is 1. The molecule has 0 saturated carbocycles. The molecule has 1 atom stereocenters. The van der Waals surface area contributed by atoms with Gasteiger partial charge in [0.2, 0.25) is 11.7 Å². The first-order valence-corrected chi connectivity index (χ1v) is 7.64. The van der Waals surface area contributed by atoms with E-state index in [4.69, 9.17) is 4.52 Å². The van der Waals surface area contributed by atoms with E-state index in [9.17, 15) is 0 Å². The van der Waals surface area contributed by atoms with Crippen molar-refractivity contribution in [3.8, 4) is 11.4 Å². The molecular weight excluding hydrogens is 264 g/mol. The summed E-state index contributed by atoms with van der Waals surface area (Å²) in [5.74, 6) is 1.40. The number of nitrogens with zero attached hydrogens (tertiary/aromatic N) is 3. The average Bonchev–Trinajstić information content (AvgIpc) is 3.24. The van der Waals surface area contributed by atoms with E-state index in [0.717, 1.165) is 44.2 Å². The summed E-state index contributed by atoms with van der Waals surface area (Å²) in [5, 5.41) is 7.58. The fourth-order valence-electron chi connectivity index (χ4n) is 3.52. The van der Waals surface area contributed by atoms with Crippen LogP contribution in [-0.4, -0.2) is 41.2 Å². The minimum absolute atomic E-state index is 0.488. The van der Waals surface area contributed by atoms with Crippen LogP contribution in [0.2, 0.25) is 0 Å². The Morgan fingerprint density at radius 1 is 1.24 bits per heavy atom. The third-order valence-electron chi connectivity index (χ3n) is 4.71. The zero-order valence-electron chi connectivity index (χ0n) is 12.1. The Morgan fingerprint density at radius 3 is 2.95 bits per heavy atom. The van der Waals surface area contributed by atoms with Gasteiger partial charge in [-0.05, 0) is 31.3 Å². The van der Waals surface area contributed by atoms with E-state index >= 15 is 0 Å². The van der Waals surface area contributed by atoms with Crippen molar-refractivity contribution in [2.45, 2.75) is 19.4 Å². The predicted molar refractivity (Wildman–Crippen MR) is 79.5 cm³/mol. The Labute approximate surface area is 124 Å². The van der Waals surface area contributed by atoms with Crippen LogP contribution in [0.25, 0.3) is 11.4 Å². The summed E-state index contributed by atoms with van der Waals surface area (Å²) in [4.78, 5) is 6.96. The first kappa shape index (κ1) is 13.0. The molecular formula is C16H20N4O. The minimum Gasteiger partial charge on any atom is -0.338 e. The molecule has 4 rings (SSSR count). The standard InChI is InChI=1S/C16H20N4O/c1-2-4-13(5-3-1)15-18-14(21-19-15)10-20-9-7-16(12-20)6-8-17-11-16/h1-5,17H,6-12H2. The maximum Gasteiger partial charge on any atom is 0.241 e. The third-order valence-corrected chi connectivity index (χ3v) is 4.71. The molecule has 3 heterocycles. The molecule has 0 bridgehead atoms. The second kappa shape index (κ2) is 5.24. The summed E-state index contributed by atoms with van der Waals surface area (Å²) in [7, 11) is 0. The molecule has 1 N–H and O–H groups in total. The second-order valence-corrected chi connectivity index (χ2v) is 6.27. The average molecular weight is 284 g/mol. The molecule has 0 amide bonds. The van der Waals surface area contributed by atoms with Crippen molar-refractivity contribution in [3.05, 3.63) is 36.2 Å². The quantitative estimate of drug-likeness (QED) is 0.933. The van der Waals surface area contributed by atoms with Crippen molar-refractivity contribution < 1.29 is 4.52 Å². The lowest BCUT2D eigenvalue weighted by molar-refractivity contribution is 0.236. The van der Waals surface area contributed by atoms with Gasteiger partial charge in [-0.15, -0.1) is 0 Å². The van der Waals surface area contributed by atoms with E-state index in [0.29, 0.717) is 11.2 Å². The number of likely N-dealkylation sites (tertiary alicyclic amines) is 1. The highest BCUT2D eigenvalue weighted by atomic mass is 16.5. The molecule has 5 heteroatoms. The van der Waals surface area contributed by atoms with E-state index in [1.54, 1.807) is 0 Å². The molecule has 2 saturated heterocycles. The summed E-state index contributed by atoms with van der Waals surface area (Å²) in [5.41, 5.74) is 1.49. The van der Waals surface area contributed by atoms with Crippen LogP contribution in [0.4, 0.5) is 0 Å². The topological polar surface area (TPSA) is 54.2 Å². The number of aromatic nitrogens is 2. The van der Waals surface area contributed by atoms with Crippen molar-refractivity contribution in [1.29, 1.82) is 0 Å². The van der Waals surface area contributed by atoms with Crippen LogP contribution in [-0.2, 0) is 6.54 Å². The maximum atomic E-state index is 5.41. The van der Waals surface area contributed by atoms with Crippen LogP contribution in [0.3, 0.4) is 0 Å². The van der Waals surface area contributed by atoms with Crippen LogP contribution in [0.1, 0.15) is 18.7 Å². The maximum absolute atomic E-state index is 5.41. The molecule has 2 aliphatic heterocycles. The van der Waals surface area contributed by atoms with Crippen LogP contribution in [0.15, 0.2) is 34.9 Å². The van der Waals surface area contributed by atoms with Gasteiger partial charge in [0.15, 0.2) is 0 Å². The second-order valence-electron chi connectivity index (χ2n) is 6.27. The first-order valence-electron chi connectivity index (χ1n) is 7.64. The molecule has 0 radical (unpaired) electrons. The van der Waals surface area contributed by atoms with E-state index in [2.05, 4.69) is 20.4 Å². The summed E-state index contributed by atoms with van der Waals surface area (Å²) in [6.07, 6.45) is 2.57. The van der Waals surface area contributed by atoms with Gasteiger partial charge in [0.05, 0.1) is 6.54 Å². The van der Waals surface area contributed by atoms with Gasteiger partial charge in [0, 0.05) is 18.7 Å². The van der Waals surface area contributed by atoms with Crippen molar-refractivity contribution in [2.75, 3.05) is 26.2 Å². The molecule has 5 nitrogen and oxygen atoms in total. The number of benzene rings is 1. The Balaban J connectivity index is 1.43. The Morgan fingerprint density at radius 2 is 2.14 bits per heavy atom. The Kier molecular flexibility index (Phi) is 3.24. The highest BCUT2D eigenvalue weighted by Gasteiger charge is 2.40. The lowest BCUT2D eigenvalue weighted by Crippen LogP contribution is -2.29. The van der Waals surface area contributed by atoms with Gasteiger partial charge in [0.25, 0.3) is 0 Å². The SMILES string of the molecule is c1ccc(-c2noc(CN3CCC4(CCNC4)C3)n2)cc1. The predicted octanol–water partition coefficient (Wildman–Crippen LogP) is 1.92. The van der Waals surface area contributed by atoms with Crippen LogP contribution >= 0.6 is 0 Å². The van der Waals surface area contributed by atoms with Gasteiger partial charge in [-0.1, -0.05) is 35.5 Å². The summed E-state index contributed by atoms with van der Waals surface area (Å²) in [6.45, 7) is 5.35. The van der Waals surface area contributed by atoms with Gasteiger partial charge in [-0.3, -0.25) is 4.90 Å². The Bertz CT molecular complexity index is 604. The molecule has 110 valence electrons. The molecule has 2 aliphatic rings. The molecule has 0 aliphatic carbocycles. The van der Waals surface area contributed by atoms with Crippen LogP contribution in [0, 0.1) is 5.41 Å². The molecule has 1 spiro atoms. The zero-order valence-corrected chi connectivity index (χ0v) is 12.1. The fourth-order valence-corrected chi connectivity index (χ4v) is 3.52. The molecule has 2 fully saturated rings. The summed E-state index contributed by atoms with van der Waals surface area (Å²) >= 11 is 0. The van der Waals surface area contributed by atoms with E-state index < -0.39 is 0 Å². The minimum atomic E-state index is 0.488. The van der Waals surface area contributed by atoms with E-state index in [1.165, 1.54) is 12.8 Å². The van der Waals surface area contributed by atoms with Crippen molar-refractivity contribution >= 4 is 0 Å². The highest BCUT2D eigenvalue weighted by molar-refractivity contribution is 5.53. The largest absolute Gasteiger partial charge is 0.338 e. The Hall–Kier alpha value is -1.72. The third kappa shape index (κ3) is 2.59. The number of rotatable bonds is 3. The van der Waals surface area contributed by atoms with Crippen LogP contribution in [0.5, 0.6) is 0 Å². The van der Waals surface area contributed by atoms with Gasteiger partial charge in [-0.2, -0.15) is 4.98 Å². The fraction of sp³-hybridized carbons (Fsp3) is 0.500. The smallest absolute Gasteiger partial charge is 0.241 e. The van der Waals surface area contributed by atoms with Gasteiger partial charge in [0.1, 0.15) is 0 Å². The normalized spacial score (nSPS) is 25.9. The molecule has 1 aromatic carbocycles. The number of hydrogen-bond donors (Lipinski definition) is 1. The molecule has 21 heavy (non-hydrogen) atoms. The van der Waals surface area contributed by atoms with Crippen molar-refractivity contribution in [2.24, 2.45) is 5.41 Å². The first-order chi connectivity index (χ1) is 10.3. The lowest BCUT2D eigenvalue weighted by Gasteiger charge is -2.21. The van der Waals surface area contributed by atoms with Crippen LogP contribution < -0.4 is 5.32 Å². The molecule has 2 aromatic rings. The monoisotopic (exact) mass is 284 g/mol. The van der Waals surface area contributed by atoms with Crippen molar-refractivity contribution in [1.82, 2.24) is 20.4 Å². The zero-order chi connectivity index (χ0) is 14.1. The van der Waals surface area contributed by atoms with Gasteiger partial charge >= 0.3 is 0 Å². The van der Waals surface area contributed by atoms with Gasteiger partial charge < -0.3 is 9.84 Å². The van der Waals surface area contributed by atoms with E-state index in [-0.39, 0.29) is 0 Å². The number of hydrogen-bond acceptors (Lipinski definition) is 5. The summed E-state index contributed by atoms with van der Waals surface area (Å²) < 4.78 is 5.41. The highest BCUT2D eigenvalue weighted by Crippen LogP contribution is 2.36.